The quantitative estimate of drug-likeness (QED) is 0.802. The molecule has 3 nitrogen and oxygen atoms in total. The fraction of sp³-hybridized carbons (Fsp3) is 0.133. The van der Waals surface area contributed by atoms with Crippen molar-refractivity contribution in [3.05, 3.63) is 64.8 Å². The Balaban J connectivity index is 1.88. The van der Waals surface area contributed by atoms with Crippen LogP contribution in [-0.2, 0) is 6.54 Å². The van der Waals surface area contributed by atoms with E-state index < -0.39 is 6.10 Å². The molecule has 2 aromatic carbocycles. The highest BCUT2D eigenvalue weighted by Gasteiger charge is 2.10. The summed E-state index contributed by atoms with van der Waals surface area (Å²) in [5.74, 6) is 0. The highest BCUT2D eigenvalue weighted by atomic mass is 79.9. The molecule has 0 aliphatic rings. The number of aliphatic hydroxyl groups excluding tert-OH is 1. The molecule has 0 fully saturated rings. The van der Waals surface area contributed by atoms with E-state index in [1.165, 1.54) is 0 Å². The van der Waals surface area contributed by atoms with Gasteiger partial charge in [0.25, 0.3) is 0 Å². The molecule has 0 aliphatic heterocycles. The minimum Gasteiger partial charge on any atom is -0.386 e. The van der Waals surface area contributed by atoms with Crippen LogP contribution in [0.15, 0.2) is 59.2 Å². The van der Waals surface area contributed by atoms with Crippen molar-refractivity contribution in [3.8, 4) is 0 Å². The molecule has 0 amide bonds. The van der Waals surface area contributed by atoms with Gasteiger partial charge in [0.2, 0.25) is 0 Å². The smallest absolute Gasteiger partial charge is 0.0985 e. The molecule has 1 heterocycles. The van der Waals surface area contributed by atoms with Crippen LogP contribution in [0.5, 0.6) is 0 Å². The Labute approximate surface area is 119 Å². The van der Waals surface area contributed by atoms with Crippen molar-refractivity contribution in [1.82, 2.24) is 9.78 Å². The van der Waals surface area contributed by atoms with Crippen LogP contribution in [0.3, 0.4) is 0 Å². The Hall–Kier alpha value is -1.65. The zero-order chi connectivity index (χ0) is 13.2. The number of hydrogen-bond donors (Lipinski definition) is 1. The van der Waals surface area contributed by atoms with Crippen LogP contribution in [-0.4, -0.2) is 14.9 Å². The summed E-state index contributed by atoms with van der Waals surface area (Å²) in [6.45, 7) is 0.450. The van der Waals surface area contributed by atoms with E-state index in [9.17, 15) is 5.11 Å². The van der Waals surface area contributed by atoms with Gasteiger partial charge >= 0.3 is 0 Å². The molecule has 0 bridgehead atoms. The third kappa shape index (κ3) is 2.55. The van der Waals surface area contributed by atoms with Crippen LogP contribution < -0.4 is 0 Å². The van der Waals surface area contributed by atoms with E-state index in [2.05, 4.69) is 21.0 Å². The van der Waals surface area contributed by atoms with Crippen LogP contribution in [0, 0.1) is 0 Å². The first-order valence-electron chi connectivity index (χ1n) is 6.09. The third-order valence-corrected chi connectivity index (χ3v) is 3.78. The molecule has 0 unspecified atom stereocenters. The molecule has 0 saturated carbocycles. The average Bonchev–Trinajstić information content (AvgIpc) is 2.84. The van der Waals surface area contributed by atoms with Crippen LogP contribution in [0.2, 0.25) is 0 Å². The second-order valence-electron chi connectivity index (χ2n) is 4.45. The summed E-state index contributed by atoms with van der Waals surface area (Å²) in [5.41, 5.74) is 1.83. The van der Waals surface area contributed by atoms with Gasteiger partial charge in [0, 0.05) is 16.1 Å². The van der Waals surface area contributed by atoms with E-state index >= 15 is 0 Å². The fourth-order valence-electron chi connectivity index (χ4n) is 2.11. The average molecular weight is 317 g/mol. The summed E-state index contributed by atoms with van der Waals surface area (Å²) in [6, 6.07) is 15.5. The Morgan fingerprint density at radius 1 is 1.11 bits per heavy atom. The summed E-state index contributed by atoms with van der Waals surface area (Å²) in [6.07, 6.45) is 1.40. The van der Waals surface area contributed by atoms with E-state index in [0.717, 1.165) is 20.9 Å². The summed E-state index contributed by atoms with van der Waals surface area (Å²) in [5, 5.41) is 15.7. The molecule has 0 saturated heterocycles. The summed E-state index contributed by atoms with van der Waals surface area (Å²) < 4.78 is 2.80. The summed E-state index contributed by atoms with van der Waals surface area (Å²) >= 11 is 3.51. The number of benzene rings is 2. The second kappa shape index (κ2) is 5.15. The topological polar surface area (TPSA) is 38.0 Å². The number of aromatic nitrogens is 2. The Kier molecular flexibility index (Phi) is 3.36. The number of rotatable bonds is 3. The molecule has 1 N–H and O–H groups in total. The largest absolute Gasteiger partial charge is 0.386 e. The fourth-order valence-corrected chi connectivity index (χ4v) is 2.57. The molecule has 0 radical (unpaired) electrons. The highest BCUT2D eigenvalue weighted by molar-refractivity contribution is 9.10. The zero-order valence-corrected chi connectivity index (χ0v) is 11.8. The maximum atomic E-state index is 10.2. The monoisotopic (exact) mass is 316 g/mol. The van der Waals surface area contributed by atoms with Crippen molar-refractivity contribution >= 4 is 26.8 Å². The SMILES string of the molecule is O[C@@H](Cn1cc2c(Br)cccc2n1)c1ccccc1. The predicted octanol–water partition coefficient (Wildman–Crippen LogP) is 3.53. The molecule has 4 heteroatoms. The molecule has 0 spiro atoms. The number of halogens is 1. The lowest BCUT2D eigenvalue weighted by Crippen LogP contribution is -2.08. The van der Waals surface area contributed by atoms with Crippen molar-refractivity contribution in [2.45, 2.75) is 12.6 Å². The van der Waals surface area contributed by atoms with E-state index in [0.29, 0.717) is 6.54 Å². The van der Waals surface area contributed by atoms with Gasteiger partial charge in [0.15, 0.2) is 0 Å². The van der Waals surface area contributed by atoms with E-state index in [1.807, 2.05) is 54.7 Å². The highest BCUT2D eigenvalue weighted by Crippen LogP contribution is 2.23. The number of hydrogen-bond acceptors (Lipinski definition) is 2. The Morgan fingerprint density at radius 2 is 1.89 bits per heavy atom. The normalized spacial score (nSPS) is 12.7. The molecular weight excluding hydrogens is 304 g/mol. The maximum Gasteiger partial charge on any atom is 0.0985 e. The molecule has 96 valence electrons. The molecule has 19 heavy (non-hydrogen) atoms. The van der Waals surface area contributed by atoms with E-state index in [4.69, 9.17) is 0 Å². The Bertz CT molecular complexity index is 694. The van der Waals surface area contributed by atoms with Gasteiger partial charge in [0.1, 0.15) is 0 Å². The van der Waals surface area contributed by atoms with Crippen LogP contribution in [0.4, 0.5) is 0 Å². The second-order valence-corrected chi connectivity index (χ2v) is 5.30. The number of nitrogens with zero attached hydrogens (tertiary/aromatic N) is 2. The van der Waals surface area contributed by atoms with Gasteiger partial charge in [-0.3, -0.25) is 4.68 Å². The first-order chi connectivity index (χ1) is 9.24. The van der Waals surface area contributed by atoms with Crippen molar-refractivity contribution in [3.63, 3.8) is 0 Å². The summed E-state index contributed by atoms with van der Waals surface area (Å²) in [7, 11) is 0. The van der Waals surface area contributed by atoms with Crippen molar-refractivity contribution in [1.29, 1.82) is 0 Å². The number of fused-ring (bicyclic) bond motifs is 1. The van der Waals surface area contributed by atoms with Gasteiger partial charge in [-0.2, -0.15) is 5.10 Å². The first-order valence-corrected chi connectivity index (χ1v) is 6.88. The molecule has 1 aromatic heterocycles. The van der Waals surface area contributed by atoms with Gasteiger partial charge in [0.05, 0.1) is 18.2 Å². The third-order valence-electron chi connectivity index (χ3n) is 3.09. The van der Waals surface area contributed by atoms with Gasteiger partial charge in [-0.05, 0) is 17.7 Å². The molecule has 3 aromatic rings. The minimum absolute atomic E-state index is 0.450. The van der Waals surface area contributed by atoms with Crippen molar-refractivity contribution in [2.24, 2.45) is 0 Å². The first kappa shape index (κ1) is 12.4. The van der Waals surface area contributed by atoms with Gasteiger partial charge < -0.3 is 5.11 Å². The van der Waals surface area contributed by atoms with Crippen molar-refractivity contribution in [2.75, 3.05) is 0 Å². The Morgan fingerprint density at radius 3 is 2.63 bits per heavy atom. The molecule has 1 atom stereocenters. The molecule has 3 rings (SSSR count). The molecular formula is C15H13BrN2O. The van der Waals surface area contributed by atoms with E-state index in [-0.39, 0.29) is 0 Å². The lowest BCUT2D eigenvalue weighted by molar-refractivity contribution is 0.152. The predicted molar refractivity (Wildman–Crippen MR) is 78.8 cm³/mol. The lowest BCUT2D eigenvalue weighted by Gasteiger charge is -2.10. The van der Waals surface area contributed by atoms with Crippen LogP contribution in [0.1, 0.15) is 11.7 Å². The standard InChI is InChI=1S/C15H13BrN2O/c16-13-7-4-8-14-12(13)9-18(17-14)10-15(19)11-5-2-1-3-6-11/h1-9,15,19H,10H2/t15-/m0/s1. The maximum absolute atomic E-state index is 10.2. The van der Waals surface area contributed by atoms with Crippen molar-refractivity contribution < 1.29 is 5.11 Å². The van der Waals surface area contributed by atoms with Gasteiger partial charge in [-0.1, -0.05) is 52.3 Å². The lowest BCUT2D eigenvalue weighted by atomic mass is 10.1. The van der Waals surface area contributed by atoms with E-state index in [1.54, 1.807) is 4.68 Å². The van der Waals surface area contributed by atoms with Crippen LogP contribution in [0.25, 0.3) is 10.9 Å². The van der Waals surface area contributed by atoms with Gasteiger partial charge in [-0.15, -0.1) is 0 Å². The molecule has 0 aliphatic carbocycles. The zero-order valence-electron chi connectivity index (χ0n) is 10.2. The van der Waals surface area contributed by atoms with Gasteiger partial charge in [-0.25, -0.2) is 0 Å². The number of aliphatic hydroxyl groups is 1. The minimum atomic E-state index is -0.547. The summed E-state index contributed by atoms with van der Waals surface area (Å²) in [4.78, 5) is 0. The van der Waals surface area contributed by atoms with Crippen LogP contribution >= 0.6 is 15.9 Å².